The molecule has 0 aliphatic heterocycles. The molecule has 3 aromatic rings. The minimum absolute atomic E-state index is 0.315. The van der Waals surface area contributed by atoms with E-state index in [0.717, 1.165) is 5.56 Å². The zero-order valence-electron chi connectivity index (χ0n) is 12.4. The molecular weight excluding hydrogens is 296 g/mol. The number of hydrogen-bond acceptors (Lipinski definition) is 5. The first-order valence-electron chi connectivity index (χ1n) is 6.99. The van der Waals surface area contributed by atoms with Crippen LogP contribution in [-0.2, 0) is 9.53 Å². The highest BCUT2D eigenvalue weighted by atomic mass is 16.5. The Morgan fingerprint density at radius 2 is 2.04 bits per heavy atom. The van der Waals surface area contributed by atoms with Crippen molar-refractivity contribution >= 4 is 28.7 Å². The number of rotatable bonds is 4. The predicted molar refractivity (Wildman–Crippen MR) is 84.1 cm³/mol. The van der Waals surface area contributed by atoms with Gasteiger partial charge in [-0.05, 0) is 36.8 Å². The number of aryl methyl sites for hydroxylation is 1. The maximum absolute atomic E-state index is 12.0. The van der Waals surface area contributed by atoms with E-state index in [-0.39, 0.29) is 6.61 Å². The van der Waals surface area contributed by atoms with Crippen LogP contribution >= 0.6 is 0 Å². The Balaban J connectivity index is 1.60. The monoisotopic (exact) mass is 310 g/mol. The molecular formula is C17H14N2O4. The van der Waals surface area contributed by atoms with Gasteiger partial charge in [-0.15, -0.1) is 0 Å². The number of carbonyl (C=O) groups excluding carboxylic acids is 2. The average Bonchev–Trinajstić information content (AvgIpc) is 3.02. The van der Waals surface area contributed by atoms with Crippen LogP contribution in [0.5, 0.6) is 0 Å². The number of carbonyl (C=O) groups is 2. The number of benzene rings is 2. The number of amides is 1. The molecule has 1 amide bonds. The van der Waals surface area contributed by atoms with Crippen molar-refractivity contribution in [3.05, 3.63) is 60.0 Å². The summed E-state index contributed by atoms with van der Waals surface area (Å²) in [7, 11) is 0. The highest BCUT2D eigenvalue weighted by molar-refractivity contribution is 5.97. The fourth-order valence-electron chi connectivity index (χ4n) is 2.10. The van der Waals surface area contributed by atoms with Crippen molar-refractivity contribution in [1.29, 1.82) is 0 Å². The zero-order valence-corrected chi connectivity index (χ0v) is 12.4. The average molecular weight is 310 g/mol. The van der Waals surface area contributed by atoms with Gasteiger partial charge < -0.3 is 14.5 Å². The molecule has 0 saturated heterocycles. The highest BCUT2D eigenvalue weighted by Crippen LogP contribution is 2.15. The maximum atomic E-state index is 12.0. The van der Waals surface area contributed by atoms with E-state index in [1.165, 1.54) is 6.39 Å². The van der Waals surface area contributed by atoms with Gasteiger partial charge in [-0.1, -0.05) is 18.2 Å². The van der Waals surface area contributed by atoms with Crippen LogP contribution in [0.3, 0.4) is 0 Å². The van der Waals surface area contributed by atoms with Crippen molar-refractivity contribution < 1.29 is 18.7 Å². The zero-order chi connectivity index (χ0) is 16.2. The number of esters is 1. The number of ether oxygens (including phenoxy) is 1. The van der Waals surface area contributed by atoms with Gasteiger partial charge >= 0.3 is 5.97 Å². The van der Waals surface area contributed by atoms with E-state index >= 15 is 0 Å². The van der Waals surface area contributed by atoms with Gasteiger partial charge in [0.15, 0.2) is 18.6 Å². The first-order valence-corrected chi connectivity index (χ1v) is 6.99. The molecule has 116 valence electrons. The van der Waals surface area contributed by atoms with Crippen LogP contribution in [0, 0.1) is 6.92 Å². The number of nitrogens with zero attached hydrogens (tertiary/aromatic N) is 1. The van der Waals surface area contributed by atoms with Gasteiger partial charge in [-0.2, -0.15) is 0 Å². The Bertz CT molecular complexity index is 870. The molecule has 6 nitrogen and oxygen atoms in total. The first-order chi connectivity index (χ1) is 11.1. The molecule has 1 heterocycles. The lowest BCUT2D eigenvalue weighted by Gasteiger charge is -2.08. The van der Waals surface area contributed by atoms with Gasteiger partial charge in [0.2, 0.25) is 0 Å². The Morgan fingerprint density at radius 1 is 1.22 bits per heavy atom. The summed E-state index contributed by atoms with van der Waals surface area (Å²) in [5, 5.41) is 2.70. The molecule has 23 heavy (non-hydrogen) atoms. The summed E-state index contributed by atoms with van der Waals surface area (Å²) in [6.07, 6.45) is 1.30. The summed E-state index contributed by atoms with van der Waals surface area (Å²) in [5.74, 6) is -0.981. The molecule has 0 atom stereocenters. The molecule has 3 rings (SSSR count). The maximum Gasteiger partial charge on any atom is 0.338 e. The normalized spacial score (nSPS) is 10.5. The molecule has 0 aliphatic carbocycles. The molecule has 0 bridgehead atoms. The highest BCUT2D eigenvalue weighted by Gasteiger charge is 2.12. The standard InChI is InChI=1S/C17H14N2O4/c1-11-4-2-3-5-13(11)19-16(20)9-22-17(21)12-6-7-15-14(8-12)18-10-23-15/h2-8,10H,9H2,1H3,(H,19,20). The van der Waals surface area contributed by atoms with Gasteiger partial charge in [0.25, 0.3) is 5.91 Å². The summed E-state index contributed by atoms with van der Waals surface area (Å²) in [6.45, 7) is 1.53. The van der Waals surface area contributed by atoms with Crippen LogP contribution < -0.4 is 5.32 Å². The molecule has 0 unspecified atom stereocenters. The molecule has 1 aromatic heterocycles. The molecule has 0 saturated carbocycles. The third kappa shape index (κ3) is 3.37. The van der Waals surface area contributed by atoms with Gasteiger partial charge in [-0.3, -0.25) is 4.79 Å². The van der Waals surface area contributed by atoms with Crippen LogP contribution in [0.15, 0.2) is 53.3 Å². The molecule has 6 heteroatoms. The lowest BCUT2D eigenvalue weighted by atomic mass is 10.2. The number of anilines is 1. The van der Waals surface area contributed by atoms with Crippen molar-refractivity contribution in [2.45, 2.75) is 6.92 Å². The number of oxazole rings is 1. The van der Waals surface area contributed by atoms with E-state index in [9.17, 15) is 9.59 Å². The van der Waals surface area contributed by atoms with E-state index in [4.69, 9.17) is 9.15 Å². The summed E-state index contributed by atoms with van der Waals surface area (Å²) in [6, 6.07) is 12.1. The van der Waals surface area contributed by atoms with E-state index in [1.807, 2.05) is 25.1 Å². The summed E-state index contributed by atoms with van der Waals surface area (Å²) < 4.78 is 10.1. The third-order valence-electron chi connectivity index (χ3n) is 3.32. The number of aromatic nitrogens is 1. The van der Waals surface area contributed by atoms with E-state index in [1.54, 1.807) is 24.3 Å². The van der Waals surface area contributed by atoms with Gasteiger partial charge in [0.05, 0.1) is 5.56 Å². The van der Waals surface area contributed by atoms with E-state index < -0.39 is 11.9 Å². The number of para-hydroxylation sites is 1. The third-order valence-corrected chi connectivity index (χ3v) is 3.32. The van der Waals surface area contributed by atoms with Gasteiger partial charge in [-0.25, -0.2) is 9.78 Å². The molecule has 0 aliphatic rings. The lowest BCUT2D eigenvalue weighted by molar-refractivity contribution is -0.119. The van der Waals surface area contributed by atoms with Crippen molar-refractivity contribution in [3.63, 3.8) is 0 Å². The Labute approximate surface area is 132 Å². The van der Waals surface area contributed by atoms with Crippen molar-refractivity contribution in [3.8, 4) is 0 Å². The van der Waals surface area contributed by atoms with Crippen molar-refractivity contribution in [2.75, 3.05) is 11.9 Å². The van der Waals surface area contributed by atoms with Crippen molar-refractivity contribution in [2.24, 2.45) is 0 Å². The summed E-state index contributed by atoms with van der Waals surface area (Å²) >= 11 is 0. The Kier molecular flexibility index (Phi) is 4.05. The molecule has 2 aromatic carbocycles. The molecule has 1 N–H and O–H groups in total. The van der Waals surface area contributed by atoms with Crippen LogP contribution in [-0.4, -0.2) is 23.5 Å². The van der Waals surface area contributed by atoms with E-state index in [2.05, 4.69) is 10.3 Å². The fourth-order valence-corrected chi connectivity index (χ4v) is 2.10. The van der Waals surface area contributed by atoms with Crippen LogP contribution in [0.4, 0.5) is 5.69 Å². The van der Waals surface area contributed by atoms with Crippen LogP contribution in [0.25, 0.3) is 11.1 Å². The van der Waals surface area contributed by atoms with Crippen LogP contribution in [0.1, 0.15) is 15.9 Å². The second-order valence-electron chi connectivity index (χ2n) is 4.97. The minimum Gasteiger partial charge on any atom is -0.452 e. The van der Waals surface area contributed by atoms with Gasteiger partial charge in [0.1, 0.15) is 5.52 Å². The quantitative estimate of drug-likeness (QED) is 0.749. The van der Waals surface area contributed by atoms with Gasteiger partial charge in [0, 0.05) is 5.69 Å². The van der Waals surface area contributed by atoms with Crippen LogP contribution in [0.2, 0.25) is 0 Å². The first kappa shape index (κ1) is 14.8. The van der Waals surface area contributed by atoms with E-state index in [0.29, 0.717) is 22.4 Å². The van der Waals surface area contributed by atoms with Crippen molar-refractivity contribution in [1.82, 2.24) is 4.98 Å². The Morgan fingerprint density at radius 3 is 2.87 bits per heavy atom. The molecule has 0 spiro atoms. The number of fused-ring (bicyclic) bond motifs is 1. The Hall–Kier alpha value is -3.15. The summed E-state index contributed by atoms with van der Waals surface area (Å²) in [5.41, 5.74) is 3.08. The smallest absolute Gasteiger partial charge is 0.338 e. The molecule has 0 fully saturated rings. The number of nitrogens with one attached hydrogen (secondary N) is 1. The predicted octanol–water partition coefficient (Wildman–Crippen LogP) is 2.93. The topological polar surface area (TPSA) is 81.4 Å². The molecule has 0 radical (unpaired) electrons. The minimum atomic E-state index is -0.588. The second-order valence-corrected chi connectivity index (χ2v) is 4.97. The fraction of sp³-hybridized carbons (Fsp3) is 0.118. The number of hydrogen-bond donors (Lipinski definition) is 1. The summed E-state index contributed by atoms with van der Waals surface area (Å²) in [4.78, 5) is 27.8. The lowest BCUT2D eigenvalue weighted by Crippen LogP contribution is -2.21. The second kappa shape index (κ2) is 6.31. The largest absolute Gasteiger partial charge is 0.452 e. The SMILES string of the molecule is Cc1ccccc1NC(=O)COC(=O)c1ccc2ocnc2c1.